The SMILES string of the molecule is COCC(Cl)CCNC(=O)c1cc(C)cc([N+](=O)[O-])c1. The first-order valence-electron chi connectivity index (χ1n) is 6.11. The second-order valence-corrected chi connectivity index (χ2v) is 5.03. The van der Waals surface area contributed by atoms with Gasteiger partial charge in [-0.25, -0.2) is 0 Å². The molecule has 0 bridgehead atoms. The Hall–Kier alpha value is -1.66. The number of nitrogens with zero attached hydrogens (tertiary/aromatic N) is 1. The Kier molecular flexibility index (Phi) is 6.41. The molecule has 0 aliphatic carbocycles. The number of ether oxygens (including phenoxy) is 1. The Morgan fingerprint density at radius 1 is 1.50 bits per heavy atom. The second kappa shape index (κ2) is 7.81. The van der Waals surface area contributed by atoms with Crippen molar-refractivity contribution in [2.24, 2.45) is 0 Å². The molecule has 110 valence electrons. The summed E-state index contributed by atoms with van der Waals surface area (Å²) in [6, 6.07) is 4.29. The highest BCUT2D eigenvalue weighted by atomic mass is 35.5. The number of hydrogen-bond acceptors (Lipinski definition) is 4. The molecule has 0 spiro atoms. The Bertz CT molecular complexity index is 493. The normalized spacial score (nSPS) is 11.9. The minimum absolute atomic E-state index is 0.0928. The number of nitrogens with one attached hydrogen (secondary N) is 1. The fraction of sp³-hybridized carbons (Fsp3) is 0.462. The predicted molar refractivity (Wildman–Crippen MR) is 76.3 cm³/mol. The highest BCUT2D eigenvalue weighted by Crippen LogP contribution is 2.16. The number of nitro groups is 1. The van der Waals surface area contributed by atoms with Gasteiger partial charge in [0.25, 0.3) is 11.6 Å². The van der Waals surface area contributed by atoms with Crippen LogP contribution in [0.2, 0.25) is 0 Å². The van der Waals surface area contributed by atoms with E-state index in [0.29, 0.717) is 25.1 Å². The van der Waals surface area contributed by atoms with Gasteiger partial charge in [-0.1, -0.05) is 0 Å². The van der Waals surface area contributed by atoms with Crippen molar-refractivity contribution in [3.05, 3.63) is 39.4 Å². The summed E-state index contributed by atoms with van der Waals surface area (Å²) in [7, 11) is 1.56. The van der Waals surface area contributed by atoms with Gasteiger partial charge in [-0.2, -0.15) is 0 Å². The first-order valence-corrected chi connectivity index (χ1v) is 6.55. The van der Waals surface area contributed by atoms with Crippen molar-refractivity contribution in [2.75, 3.05) is 20.3 Å². The van der Waals surface area contributed by atoms with Crippen molar-refractivity contribution in [2.45, 2.75) is 18.7 Å². The van der Waals surface area contributed by atoms with E-state index in [9.17, 15) is 14.9 Å². The van der Waals surface area contributed by atoms with Crippen LogP contribution < -0.4 is 5.32 Å². The molecule has 1 aromatic rings. The van der Waals surface area contributed by atoms with E-state index < -0.39 is 4.92 Å². The zero-order valence-corrected chi connectivity index (χ0v) is 12.1. The van der Waals surface area contributed by atoms with Gasteiger partial charge >= 0.3 is 0 Å². The summed E-state index contributed by atoms with van der Waals surface area (Å²) in [5.74, 6) is -0.349. The minimum Gasteiger partial charge on any atom is -0.383 e. The predicted octanol–water partition coefficient (Wildman–Crippen LogP) is 2.28. The topological polar surface area (TPSA) is 81.5 Å². The molecule has 1 unspecified atom stereocenters. The van der Waals surface area contributed by atoms with Crippen LogP contribution in [0, 0.1) is 17.0 Å². The molecule has 1 atom stereocenters. The van der Waals surface area contributed by atoms with Gasteiger partial charge in [0.2, 0.25) is 0 Å². The molecule has 0 fully saturated rings. The van der Waals surface area contributed by atoms with E-state index in [-0.39, 0.29) is 22.5 Å². The minimum atomic E-state index is -0.517. The lowest BCUT2D eigenvalue weighted by atomic mass is 10.1. The number of rotatable bonds is 7. The zero-order chi connectivity index (χ0) is 15.1. The van der Waals surface area contributed by atoms with E-state index in [4.69, 9.17) is 16.3 Å². The third kappa shape index (κ3) is 5.14. The molecule has 1 rings (SSSR count). The lowest BCUT2D eigenvalue weighted by Crippen LogP contribution is -2.27. The molecule has 0 heterocycles. The first kappa shape index (κ1) is 16.4. The van der Waals surface area contributed by atoms with Crippen molar-refractivity contribution >= 4 is 23.2 Å². The summed E-state index contributed by atoms with van der Waals surface area (Å²) in [6.45, 7) is 2.50. The maximum absolute atomic E-state index is 11.9. The first-order chi connectivity index (χ1) is 9.43. The molecule has 1 aromatic carbocycles. The molecule has 20 heavy (non-hydrogen) atoms. The highest BCUT2D eigenvalue weighted by Gasteiger charge is 2.13. The molecule has 0 saturated carbocycles. The van der Waals surface area contributed by atoms with E-state index >= 15 is 0 Å². The molecule has 0 aromatic heterocycles. The number of non-ortho nitro benzene ring substituents is 1. The number of hydrogen-bond donors (Lipinski definition) is 1. The number of halogens is 1. The van der Waals surface area contributed by atoms with Crippen LogP contribution in [-0.4, -0.2) is 36.5 Å². The third-order valence-electron chi connectivity index (χ3n) is 2.63. The van der Waals surface area contributed by atoms with Crippen LogP contribution in [0.5, 0.6) is 0 Å². The lowest BCUT2D eigenvalue weighted by molar-refractivity contribution is -0.384. The second-order valence-electron chi connectivity index (χ2n) is 4.41. The smallest absolute Gasteiger partial charge is 0.270 e. The van der Waals surface area contributed by atoms with Crippen molar-refractivity contribution in [1.29, 1.82) is 0 Å². The van der Waals surface area contributed by atoms with E-state index in [0.717, 1.165) is 0 Å². The van der Waals surface area contributed by atoms with Crippen LogP contribution in [0.4, 0.5) is 5.69 Å². The molecule has 0 radical (unpaired) electrons. The number of aryl methyl sites for hydroxylation is 1. The van der Waals surface area contributed by atoms with Crippen LogP contribution >= 0.6 is 11.6 Å². The Labute approximate surface area is 122 Å². The largest absolute Gasteiger partial charge is 0.383 e. The summed E-state index contributed by atoms with van der Waals surface area (Å²) >= 11 is 5.94. The van der Waals surface area contributed by atoms with Gasteiger partial charge in [-0.3, -0.25) is 14.9 Å². The Balaban J connectivity index is 2.61. The molecule has 0 aliphatic heterocycles. The number of alkyl halides is 1. The summed E-state index contributed by atoms with van der Waals surface area (Å²) in [5, 5.41) is 13.3. The summed E-state index contributed by atoms with van der Waals surface area (Å²) < 4.78 is 4.88. The molecular formula is C13H17ClN2O4. The maximum atomic E-state index is 11.9. The van der Waals surface area contributed by atoms with Gasteiger partial charge < -0.3 is 10.1 Å². The molecule has 1 N–H and O–H groups in total. The van der Waals surface area contributed by atoms with Gasteiger partial charge in [-0.15, -0.1) is 11.6 Å². The van der Waals surface area contributed by atoms with Crippen molar-refractivity contribution in [3.63, 3.8) is 0 Å². The Morgan fingerprint density at radius 3 is 2.80 bits per heavy atom. The van der Waals surface area contributed by atoms with Crippen LogP contribution in [-0.2, 0) is 4.74 Å². The summed E-state index contributed by atoms with van der Waals surface area (Å²) in [6.07, 6.45) is 0.565. The fourth-order valence-corrected chi connectivity index (χ4v) is 1.94. The van der Waals surface area contributed by atoms with E-state index in [1.807, 2.05) is 0 Å². The molecule has 1 amide bonds. The van der Waals surface area contributed by atoms with E-state index in [1.165, 1.54) is 12.1 Å². The highest BCUT2D eigenvalue weighted by molar-refractivity contribution is 6.20. The number of carbonyl (C=O) groups is 1. The fourth-order valence-electron chi connectivity index (χ4n) is 1.71. The third-order valence-corrected chi connectivity index (χ3v) is 2.97. The van der Waals surface area contributed by atoms with Crippen molar-refractivity contribution < 1.29 is 14.5 Å². The molecule has 7 heteroatoms. The van der Waals surface area contributed by atoms with E-state index in [2.05, 4.69) is 5.32 Å². The Morgan fingerprint density at radius 2 is 2.20 bits per heavy atom. The van der Waals surface area contributed by atoms with Crippen LogP contribution in [0.25, 0.3) is 0 Å². The standard InChI is InChI=1S/C13H17ClN2O4/c1-9-5-10(7-12(6-9)16(18)19)13(17)15-4-3-11(14)8-20-2/h5-7,11H,3-4,8H2,1-2H3,(H,15,17). The van der Waals surface area contributed by atoms with Crippen molar-refractivity contribution in [3.8, 4) is 0 Å². The number of amides is 1. The van der Waals surface area contributed by atoms with Gasteiger partial charge in [0.05, 0.1) is 16.9 Å². The van der Waals surface area contributed by atoms with Gasteiger partial charge in [0, 0.05) is 31.4 Å². The quantitative estimate of drug-likeness (QED) is 0.476. The van der Waals surface area contributed by atoms with Crippen LogP contribution in [0.3, 0.4) is 0 Å². The van der Waals surface area contributed by atoms with Crippen LogP contribution in [0.15, 0.2) is 18.2 Å². The average Bonchev–Trinajstić information content (AvgIpc) is 2.38. The average molecular weight is 301 g/mol. The molecule has 0 saturated heterocycles. The van der Waals surface area contributed by atoms with Gasteiger partial charge in [0.15, 0.2) is 0 Å². The van der Waals surface area contributed by atoms with E-state index in [1.54, 1.807) is 20.1 Å². The van der Waals surface area contributed by atoms with Gasteiger partial charge in [0.1, 0.15) is 0 Å². The molecular weight excluding hydrogens is 284 g/mol. The number of nitro benzene ring substituents is 1. The number of methoxy groups -OCH3 is 1. The number of carbonyl (C=O) groups excluding carboxylic acids is 1. The molecule has 6 nitrogen and oxygen atoms in total. The van der Waals surface area contributed by atoms with Gasteiger partial charge in [-0.05, 0) is 25.0 Å². The maximum Gasteiger partial charge on any atom is 0.270 e. The van der Waals surface area contributed by atoms with Crippen molar-refractivity contribution in [1.82, 2.24) is 5.32 Å². The summed E-state index contributed by atoms with van der Waals surface area (Å²) in [4.78, 5) is 22.1. The number of benzene rings is 1. The zero-order valence-electron chi connectivity index (χ0n) is 11.4. The lowest BCUT2D eigenvalue weighted by Gasteiger charge is -2.09. The monoisotopic (exact) mass is 300 g/mol. The molecule has 0 aliphatic rings. The van der Waals surface area contributed by atoms with Crippen LogP contribution in [0.1, 0.15) is 22.3 Å². The summed E-state index contributed by atoms with van der Waals surface area (Å²) in [5.41, 5.74) is 0.846.